The smallest absolute Gasteiger partial charge is 0.269 e. The molecular weight excluding hydrogens is 270 g/mol. The Balaban J connectivity index is 1.72. The summed E-state index contributed by atoms with van der Waals surface area (Å²) in [6, 6.07) is 13.4. The van der Waals surface area contributed by atoms with E-state index in [2.05, 4.69) is 0 Å². The minimum Gasteiger partial charge on any atom is -0.489 e. The molecule has 5 nitrogen and oxygen atoms in total. The van der Waals surface area contributed by atoms with Gasteiger partial charge in [0.05, 0.1) is 11.5 Å². The van der Waals surface area contributed by atoms with Crippen LogP contribution in [0.5, 0.6) is 17.2 Å². The Bertz CT molecular complexity index is 635. The number of rotatable bonds is 6. The molecule has 108 valence electrons. The zero-order valence-corrected chi connectivity index (χ0v) is 11.4. The maximum absolute atomic E-state index is 10.6. The Morgan fingerprint density at radius 2 is 1.71 bits per heavy atom. The highest BCUT2D eigenvalue weighted by molar-refractivity contribution is 5.44. The number of nitrogens with zero attached hydrogens (tertiary/aromatic N) is 1. The number of ether oxygens (including phenoxy) is 2. The molecular formula is C16H15NO4. The van der Waals surface area contributed by atoms with Crippen molar-refractivity contribution in [3.63, 3.8) is 0 Å². The summed E-state index contributed by atoms with van der Waals surface area (Å²) in [6.45, 7) is 0.709. The van der Waals surface area contributed by atoms with Gasteiger partial charge >= 0.3 is 0 Å². The quantitative estimate of drug-likeness (QED) is 0.590. The van der Waals surface area contributed by atoms with Gasteiger partial charge in [0.2, 0.25) is 0 Å². The molecule has 0 N–H and O–H groups in total. The molecule has 1 fully saturated rings. The summed E-state index contributed by atoms with van der Waals surface area (Å²) in [5.74, 6) is 2.52. The third-order valence-electron chi connectivity index (χ3n) is 3.30. The standard InChI is InChI=1S/C16H15NO4/c18-17(19)13-7-9-14(10-8-13)21-16-4-2-1-3-15(16)20-11-12-5-6-12/h1-4,7-10,12H,5-6,11H2. The van der Waals surface area contributed by atoms with E-state index in [1.165, 1.54) is 25.0 Å². The third kappa shape index (κ3) is 3.51. The lowest BCUT2D eigenvalue weighted by Crippen LogP contribution is -2.00. The number of hydrogen-bond donors (Lipinski definition) is 0. The molecule has 3 rings (SSSR count). The molecule has 0 spiro atoms. The Kier molecular flexibility index (Phi) is 3.73. The molecule has 0 saturated heterocycles. The van der Waals surface area contributed by atoms with Crippen molar-refractivity contribution in [1.82, 2.24) is 0 Å². The first-order chi connectivity index (χ1) is 10.2. The highest BCUT2D eigenvalue weighted by Gasteiger charge is 2.22. The molecule has 2 aromatic carbocycles. The van der Waals surface area contributed by atoms with Crippen molar-refractivity contribution in [2.45, 2.75) is 12.8 Å². The molecule has 0 unspecified atom stereocenters. The normalized spacial score (nSPS) is 13.7. The van der Waals surface area contributed by atoms with Crippen LogP contribution in [0.25, 0.3) is 0 Å². The molecule has 0 aliphatic heterocycles. The van der Waals surface area contributed by atoms with Gasteiger partial charge in [0.15, 0.2) is 11.5 Å². The number of nitro benzene ring substituents is 1. The summed E-state index contributed by atoms with van der Waals surface area (Å²) < 4.78 is 11.5. The SMILES string of the molecule is O=[N+]([O-])c1ccc(Oc2ccccc2OCC2CC2)cc1. The van der Waals surface area contributed by atoms with Crippen molar-refractivity contribution in [2.24, 2.45) is 5.92 Å². The minimum atomic E-state index is -0.434. The van der Waals surface area contributed by atoms with Crippen molar-refractivity contribution in [3.8, 4) is 17.2 Å². The molecule has 1 aliphatic rings. The lowest BCUT2D eigenvalue weighted by Gasteiger charge is -2.12. The molecule has 0 atom stereocenters. The monoisotopic (exact) mass is 285 g/mol. The fourth-order valence-electron chi connectivity index (χ4n) is 1.91. The predicted octanol–water partition coefficient (Wildman–Crippen LogP) is 4.18. The lowest BCUT2D eigenvalue weighted by atomic mass is 10.3. The Morgan fingerprint density at radius 3 is 2.33 bits per heavy atom. The van der Waals surface area contributed by atoms with Crippen LogP contribution < -0.4 is 9.47 Å². The summed E-state index contributed by atoms with van der Waals surface area (Å²) >= 11 is 0. The van der Waals surface area contributed by atoms with Crippen LogP contribution in [0.3, 0.4) is 0 Å². The van der Waals surface area contributed by atoms with Crippen molar-refractivity contribution in [3.05, 3.63) is 58.6 Å². The second-order valence-electron chi connectivity index (χ2n) is 5.05. The van der Waals surface area contributed by atoms with Crippen LogP contribution in [0.4, 0.5) is 5.69 Å². The van der Waals surface area contributed by atoms with Crippen molar-refractivity contribution >= 4 is 5.69 Å². The molecule has 1 aliphatic carbocycles. The van der Waals surface area contributed by atoms with Crippen LogP contribution >= 0.6 is 0 Å². The molecule has 2 aromatic rings. The Labute approximate surface area is 122 Å². The highest BCUT2D eigenvalue weighted by Crippen LogP contribution is 2.34. The Hall–Kier alpha value is -2.56. The van der Waals surface area contributed by atoms with Crippen LogP contribution in [-0.2, 0) is 0 Å². The summed E-state index contributed by atoms with van der Waals surface area (Å²) in [6.07, 6.45) is 2.46. The topological polar surface area (TPSA) is 61.6 Å². The summed E-state index contributed by atoms with van der Waals surface area (Å²) in [5.41, 5.74) is 0.0422. The summed E-state index contributed by atoms with van der Waals surface area (Å²) in [5, 5.41) is 10.6. The lowest BCUT2D eigenvalue weighted by molar-refractivity contribution is -0.384. The predicted molar refractivity (Wildman–Crippen MR) is 77.8 cm³/mol. The van der Waals surface area contributed by atoms with Crippen LogP contribution in [-0.4, -0.2) is 11.5 Å². The van der Waals surface area contributed by atoms with Crippen LogP contribution in [0.2, 0.25) is 0 Å². The molecule has 1 saturated carbocycles. The fraction of sp³-hybridized carbons (Fsp3) is 0.250. The number of non-ortho nitro benzene ring substituents is 1. The number of benzene rings is 2. The van der Waals surface area contributed by atoms with E-state index < -0.39 is 4.92 Å². The fourth-order valence-corrected chi connectivity index (χ4v) is 1.91. The number of para-hydroxylation sites is 2. The van der Waals surface area contributed by atoms with Gasteiger partial charge in [-0.15, -0.1) is 0 Å². The van der Waals surface area contributed by atoms with E-state index >= 15 is 0 Å². The largest absolute Gasteiger partial charge is 0.489 e. The van der Waals surface area contributed by atoms with E-state index in [1.807, 2.05) is 24.3 Å². The second kappa shape index (κ2) is 5.83. The number of nitro groups is 1. The van der Waals surface area contributed by atoms with E-state index in [1.54, 1.807) is 12.1 Å². The summed E-state index contributed by atoms with van der Waals surface area (Å²) in [4.78, 5) is 10.2. The van der Waals surface area contributed by atoms with Crippen LogP contribution in [0, 0.1) is 16.0 Å². The van der Waals surface area contributed by atoms with E-state index in [9.17, 15) is 10.1 Å². The first kappa shape index (κ1) is 13.4. The minimum absolute atomic E-state index is 0.0422. The summed E-state index contributed by atoms with van der Waals surface area (Å²) in [7, 11) is 0. The maximum Gasteiger partial charge on any atom is 0.269 e. The van der Waals surface area contributed by atoms with Gasteiger partial charge in [0.25, 0.3) is 5.69 Å². The molecule has 0 heterocycles. The zero-order chi connectivity index (χ0) is 14.7. The van der Waals surface area contributed by atoms with Gasteiger partial charge in [0, 0.05) is 12.1 Å². The van der Waals surface area contributed by atoms with E-state index in [-0.39, 0.29) is 5.69 Å². The molecule has 21 heavy (non-hydrogen) atoms. The van der Waals surface area contributed by atoms with E-state index in [0.717, 1.165) is 0 Å². The van der Waals surface area contributed by atoms with Gasteiger partial charge in [-0.05, 0) is 43.0 Å². The Morgan fingerprint density at radius 1 is 1.05 bits per heavy atom. The molecule has 0 bridgehead atoms. The van der Waals surface area contributed by atoms with Crippen molar-refractivity contribution < 1.29 is 14.4 Å². The molecule has 5 heteroatoms. The van der Waals surface area contributed by atoms with Crippen LogP contribution in [0.1, 0.15) is 12.8 Å². The molecule has 0 radical (unpaired) electrons. The van der Waals surface area contributed by atoms with E-state index in [0.29, 0.717) is 29.8 Å². The highest BCUT2D eigenvalue weighted by atomic mass is 16.6. The van der Waals surface area contributed by atoms with Gasteiger partial charge in [-0.3, -0.25) is 10.1 Å². The molecule has 0 aromatic heterocycles. The van der Waals surface area contributed by atoms with Gasteiger partial charge in [-0.25, -0.2) is 0 Å². The maximum atomic E-state index is 10.6. The molecule has 0 amide bonds. The van der Waals surface area contributed by atoms with E-state index in [4.69, 9.17) is 9.47 Å². The first-order valence-electron chi connectivity index (χ1n) is 6.86. The number of hydrogen-bond acceptors (Lipinski definition) is 4. The zero-order valence-electron chi connectivity index (χ0n) is 11.4. The third-order valence-corrected chi connectivity index (χ3v) is 3.30. The average molecular weight is 285 g/mol. The second-order valence-corrected chi connectivity index (χ2v) is 5.05. The van der Waals surface area contributed by atoms with Crippen molar-refractivity contribution in [1.29, 1.82) is 0 Å². The van der Waals surface area contributed by atoms with Gasteiger partial charge in [-0.2, -0.15) is 0 Å². The van der Waals surface area contributed by atoms with Gasteiger partial charge in [-0.1, -0.05) is 12.1 Å². The first-order valence-corrected chi connectivity index (χ1v) is 6.86. The van der Waals surface area contributed by atoms with Crippen molar-refractivity contribution in [2.75, 3.05) is 6.61 Å². The average Bonchev–Trinajstić information content (AvgIpc) is 3.31. The van der Waals surface area contributed by atoms with Crippen LogP contribution in [0.15, 0.2) is 48.5 Å². The van der Waals surface area contributed by atoms with Gasteiger partial charge < -0.3 is 9.47 Å². The van der Waals surface area contributed by atoms with Gasteiger partial charge in [0.1, 0.15) is 5.75 Å².